The molecular weight excluding hydrogens is 330 g/mol. The van der Waals surface area contributed by atoms with Gasteiger partial charge in [-0.1, -0.05) is 12.0 Å². The molecule has 2 aliphatic rings. The lowest BCUT2D eigenvalue weighted by molar-refractivity contribution is 0.0745. The van der Waals surface area contributed by atoms with Gasteiger partial charge in [0.05, 0.1) is 0 Å². The third kappa shape index (κ3) is 3.38. The fraction of sp³-hybridized carbons (Fsp3) is 0.526. The number of hydrogen-bond acceptors (Lipinski definition) is 6. The van der Waals surface area contributed by atoms with Crippen LogP contribution in [0.4, 0.5) is 11.7 Å². The molecule has 26 heavy (non-hydrogen) atoms. The Morgan fingerprint density at radius 3 is 2.27 bits per heavy atom. The first-order valence-corrected chi connectivity index (χ1v) is 9.46. The molecule has 0 unspecified atom stereocenters. The monoisotopic (exact) mass is 355 g/mol. The van der Waals surface area contributed by atoms with E-state index in [0.29, 0.717) is 38.1 Å². The minimum Gasteiger partial charge on any atom is -0.408 e. The summed E-state index contributed by atoms with van der Waals surface area (Å²) in [5, 5.41) is 8.10. The highest BCUT2D eigenvalue weighted by atomic mass is 16.4. The van der Waals surface area contributed by atoms with Crippen molar-refractivity contribution in [1.82, 2.24) is 15.1 Å². The Bertz CT molecular complexity index is 744. The number of aryl methyl sites for hydroxylation is 1. The average Bonchev–Trinajstić information content (AvgIpc) is 3.40. The Labute approximate surface area is 153 Å². The molecule has 2 aromatic rings. The third-order valence-corrected chi connectivity index (χ3v) is 5.18. The summed E-state index contributed by atoms with van der Waals surface area (Å²) in [6.07, 6.45) is 3.24. The van der Waals surface area contributed by atoms with Crippen LogP contribution in [-0.4, -0.2) is 60.3 Å². The van der Waals surface area contributed by atoms with E-state index in [9.17, 15) is 4.79 Å². The predicted molar refractivity (Wildman–Crippen MR) is 99.7 cm³/mol. The third-order valence-electron chi connectivity index (χ3n) is 5.18. The predicted octanol–water partition coefficient (Wildman–Crippen LogP) is 2.19. The molecule has 1 amide bonds. The normalized spacial score (nSPS) is 17.8. The number of aromatic nitrogens is 2. The van der Waals surface area contributed by atoms with E-state index in [-0.39, 0.29) is 5.91 Å². The SMILES string of the molecule is CCc1nnc(N2CCN(C(=O)c3ccc(N4CCCC4)cc3)CC2)o1. The summed E-state index contributed by atoms with van der Waals surface area (Å²) in [5.74, 6) is 0.744. The van der Waals surface area contributed by atoms with Gasteiger partial charge in [0.15, 0.2) is 0 Å². The van der Waals surface area contributed by atoms with Crippen LogP contribution in [0.15, 0.2) is 28.7 Å². The molecule has 138 valence electrons. The summed E-state index contributed by atoms with van der Waals surface area (Å²) in [7, 11) is 0. The summed E-state index contributed by atoms with van der Waals surface area (Å²) >= 11 is 0. The molecule has 2 saturated heterocycles. The number of carbonyl (C=O) groups is 1. The van der Waals surface area contributed by atoms with E-state index in [1.807, 2.05) is 28.9 Å². The molecule has 3 heterocycles. The minimum absolute atomic E-state index is 0.0948. The highest BCUT2D eigenvalue weighted by Gasteiger charge is 2.25. The lowest BCUT2D eigenvalue weighted by atomic mass is 10.1. The molecule has 0 N–H and O–H groups in total. The van der Waals surface area contributed by atoms with Crippen LogP contribution in [0.3, 0.4) is 0 Å². The molecule has 4 rings (SSSR count). The van der Waals surface area contributed by atoms with Gasteiger partial charge in [0, 0.05) is 56.9 Å². The molecule has 1 aromatic carbocycles. The van der Waals surface area contributed by atoms with Crippen LogP contribution < -0.4 is 9.80 Å². The Kier molecular flexibility index (Phi) is 4.77. The standard InChI is InChI=1S/C19H25N5O2/c1-2-17-20-21-19(26-17)24-13-11-23(12-14-24)18(25)15-5-7-16(8-6-15)22-9-3-4-10-22/h5-8H,2-4,9-14H2,1H3. The number of carbonyl (C=O) groups excluding carboxylic acids is 1. The zero-order valence-electron chi connectivity index (χ0n) is 15.2. The van der Waals surface area contributed by atoms with Gasteiger partial charge >= 0.3 is 6.01 Å². The molecule has 1 aromatic heterocycles. The maximum Gasteiger partial charge on any atom is 0.318 e. The van der Waals surface area contributed by atoms with Crippen LogP contribution in [0.5, 0.6) is 0 Å². The van der Waals surface area contributed by atoms with Crippen molar-refractivity contribution in [3.05, 3.63) is 35.7 Å². The molecule has 0 radical (unpaired) electrons. The van der Waals surface area contributed by atoms with Crippen LogP contribution in [0, 0.1) is 0 Å². The van der Waals surface area contributed by atoms with Crippen molar-refractivity contribution in [2.45, 2.75) is 26.2 Å². The van der Waals surface area contributed by atoms with Gasteiger partial charge in [-0.05, 0) is 37.1 Å². The quantitative estimate of drug-likeness (QED) is 0.838. The number of nitrogens with zero attached hydrogens (tertiary/aromatic N) is 5. The lowest BCUT2D eigenvalue weighted by Crippen LogP contribution is -2.49. The fourth-order valence-electron chi connectivity index (χ4n) is 3.59. The van der Waals surface area contributed by atoms with Crippen molar-refractivity contribution in [2.75, 3.05) is 49.1 Å². The number of benzene rings is 1. The summed E-state index contributed by atoms with van der Waals surface area (Å²) in [5.41, 5.74) is 1.97. The lowest BCUT2D eigenvalue weighted by Gasteiger charge is -2.33. The minimum atomic E-state index is 0.0948. The molecule has 2 fully saturated rings. The number of hydrogen-bond donors (Lipinski definition) is 0. The fourth-order valence-corrected chi connectivity index (χ4v) is 3.59. The van der Waals surface area contributed by atoms with Crippen molar-refractivity contribution in [1.29, 1.82) is 0 Å². The van der Waals surface area contributed by atoms with Crippen LogP contribution >= 0.6 is 0 Å². The molecule has 0 bridgehead atoms. The van der Waals surface area contributed by atoms with Gasteiger partial charge in [-0.15, -0.1) is 5.10 Å². The Morgan fingerprint density at radius 1 is 0.962 bits per heavy atom. The van der Waals surface area contributed by atoms with Gasteiger partial charge < -0.3 is 19.1 Å². The second kappa shape index (κ2) is 7.35. The van der Waals surface area contributed by atoms with Gasteiger partial charge in [0.1, 0.15) is 0 Å². The number of piperazine rings is 1. The van der Waals surface area contributed by atoms with E-state index >= 15 is 0 Å². The second-order valence-electron chi connectivity index (χ2n) is 6.85. The average molecular weight is 355 g/mol. The molecule has 0 aliphatic carbocycles. The van der Waals surface area contributed by atoms with Gasteiger partial charge in [0.25, 0.3) is 5.91 Å². The summed E-state index contributed by atoms with van der Waals surface area (Å²) in [4.78, 5) is 19.1. The van der Waals surface area contributed by atoms with E-state index in [1.54, 1.807) is 0 Å². The molecule has 7 heteroatoms. The molecular formula is C19H25N5O2. The van der Waals surface area contributed by atoms with Crippen molar-refractivity contribution < 1.29 is 9.21 Å². The first kappa shape index (κ1) is 16.9. The molecule has 0 spiro atoms. The van der Waals surface area contributed by atoms with Gasteiger partial charge in [-0.3, -0.25) is 4.79 Å². The van der Waals surface area contributed by atoms with Crippen LogP contribution in [0.1, 0.15) is 36.0 Å². The molecule has 7 nitrogen and oxygen atoms in total. The highest BCUT2D eigenvalue weighted by molar-refractivity contribution is 5.94. The topological polar surface area (TPSA) is 65.7 Å². The number of rotatable bonds is 4. The van der Waals surface area contributed by atoms with E-state index in [1.165, 1.54) is 18.5 Å². The maximum absolute atomic E-state index is 12.8. The highest BCUT2D eigenvalue weighted by Crippen LogP contribution is 2.21. The summed E-state index contributed by atoms with van der Waals surface area (Å²) in [6, 6.07) is 8.60. The van der Waals surface area contributed by atoms with Gasteiger partial charge in [0.2, 0.25) is 5.89 Å². The first-order valence-electron chi connectivity index (χ1n) is 9.46. The zero-order chi connectivity index (χ0) is 17.9. The first-order chi connectivity index (χ1) is 12.7. The molecule has 2 aliphatic heterocycles. The zero-order valence-corrected chi connectivity index (χ0v) is 15.2. The number of anilines is 2. The Hall–Kier alpha value is -2.57. The van der Waals surface area contributed by atoms with E-state index in [2.05, 4.69) is 27.2 Å². The largest absolute Gasteiger partial charge is 0.408 e. The van der Waals surface area contributed by atoms with E-state index in [0.717, 1.165) is 25.1 Å². The van der Waals surface area contributed by atoms with Crippen molar-refractivity contribution in [2.24, 2.45) is 0 Å². The molecule has 0 atom stereocenters. The van der Waals surface area contributed by atoms with Crippen LogP contribution in [-0.2, 0) is 6.42 Å². The van der Waals surface area contributed by atoms with Crippen LogP contribution in [0.25, 0.3) is 0 Å². The summed E-state index contributed by atoms with van der Waals surface area (Å²) in [6.45, 7) is 6.97. The van der Waals surface area contributed by atoms with E-state index < -0.39 is 0 Å². The van der Waals surface area contributed by atoms with Crippen molar-refractivity contribution in [3.8, 4) is 0 Å². The Morgan fingerprint density at radius 2 is 1.65 bits per heavy atom. The van der Waals surface area contributed by atoms with Crippen molar-refractivity contribution >= 4 is 17.6 Å². The smallest absolute Gasteiger partial charge is 0.318 e. The van der Waals surface area contributed by atoms with Gasteiger partial charge in [-0.2, -0.15) is 0 Å². The molecule has 0 saturated carbocycles. The van der Waals surface area contributed by atoms with E-state index in [4.69, 9.17) is 4.42 Å². The maximum atomic E-state index is 12.8. The van der Waals surface area contributed by atoms with Gasteiger partial charge in [-0.25, -0.2) is 0 Å². The second-order valence-corrected chi connectivity index (χ2v) is 6.85. The Balaban J connectivity index is 1.35. The number of amides is 1. The van der Waals surface area contributed by atoms with Crippen LogP contribution in [0.2, 0.25) is 0 Å². The summed E-state index contributed by atoms with van der Waals surface area (Å²) < 4.78 is 5.61. The van der Waals surface area contributed by atoms with Crippen molar-refractivity contribution in [3.63, 3.8) is 0 Å².